The Hall–Kier alpha value is -3.22. The van der Waals surface area contributed by atoms with E-state index in [0.717, 1.165) is 22.4 Å². The molecule has 2 aromatic heterocycles. The Labute approximate surface area is 131 Å². The molecule has 116 valence electrons. The quantitative estimate of drug-likeness (QED) is 0.688. The number of benzene rings is 1. The van der Waals surface area contributed by atoms with Crippen LogP contribution in [0.1, 0.15) is 21.6 Å². The molecule has 0 aliphatic carbocycles. The molecular formula is C16H15N5O2. The van der Waals surface area contributed by atoms with Gasteiger partial charge in [0.25, 0.3) is 11.5 Å². The highest BCUT2D eigenvalue weighted by Gasteiger charge is 2.11. The average Bonchev–Trinajstić information content (AvgIpc) is 2.95. The number of rotatable bonds is 3. The van der Waals surface area contributed by atoms with Gasteiger partial charge >= 0.3 is 0 Å². The molecule has 0 aliphatic heterocycles. The van der Waals surface area contributed by atoms with Crippen LogP contribution in [-0.4, -0.2) is 26.3 Å². The van der Waals surface area contributed by atoms with Gasteiger partial charge in [-0.05, 0) is 32.0 Å². The van der Waals surface area contributed by atoms with Crippen molar-refractivity contribution in [2.75, 3.05) is 5.32 Å². The molecule has 2 heterocycles. The zero-order chi connectivity index (χ0) is 16.4. The Bertz CT molecular complexity index is 885. The van der Waals surface area contributed by atoms with Gasteiger partial charge < -0.3 is 5.32 Å². The highest BCUT2D eigenvalue weighted by Crippen LogP contribution is 2.22. The summed E-state index contributed by atoms with van der Waals surface area (Å²) in [4.78, 5) is 23.0. The number of carbonyl (C=O) groups excluding carboxylic acids is 1. The highest BCUT2D eigenvalue weighted by molar-refractivity contribution is 6.02. The van der Waals surface area contributed by atoms with Gasteiger partial charge in [0, 0.05) is 17.7 Å². The monoisotopic (exact) mass is 309 g/mol. The fourth-order valence-corrected chi connectivity index (χ4v) is 2.32. The molecule has 0 unspecified atom stereocenters. The Kier molecular flexibility index (Phi) is 3.76. The molecule has 7 nitrogen and oxygen atoms in total. The minimum Gasteiger partial charge on any atom is -0.304 e. The van der Waals surface area contributed by atoms with E-state index in [4.69, 9.17) is 0 Å². The molecule has 1 aromatic carbocycles. The molecule has 0 fully saturated rings. The number of nitrogens with zero attached hydrogens (tertiary/aromatic N) is 2. The predicted octanol–water partition coefficient (Wildman–Crippen LogP) is 2.03. The van der Waals surface area contributed by atoms with E-state index in [0.29, 0.717) is 5.82 Å². The summed E-state index contributed by atoms with van der Waals surface area (Å²) in [7, 11) is 0. The van der Waals surface area contributed by atoms with Crippen LogP contribution in [0.4, 0.5) is 5.82 Å². The second kappa shape index (κ2) is 5.88. The van der Waals surface area contributed by atoms with Gasteiger partial charge in [0.2, 0.25) is 0 Å². The Morgan fingerprint density at radius 1 is 1.00 bits per heavy atom. The van der Waals surface area contributed by atoms with Gasteiger partial charge in [0.05, 0.1) is 5.69 Å². The van der Waals surface area contributed by atoms with E-state index in [1.807, 2.05) is 26.0 Å². The molecule has 3 rings (SSSR count). The second-order valence-electron chi connectivity index (χ2n) is 5.30. The van der Waals surface area contributed by atoms with Crippen molar-refractivity contribution >= 4 is 11.7 Å². The number of nitrogens with one attached hydrogen (secondary N) is 3. The number of anilines is 1. The number of aryl methyl sites for hydroxylation is 2. The minimum atomic E-state index is -0.445. The lowest BCUT2D eigenvalue weighted by Crippen LogP contribution is -2.17. The first-order valence-corrected chi connectivity index (χ1v) is 7.02. The number of hydrogen-bond donors (Lipinski definition) is 3. The van der Waals surface area contributed by atoms with Crippen LogP contribution < -0.4 is 10.9 Å². The fraction of sp³-hybridized carbons (Fsp3) is 0.125. The maximum absolute atomic E-state index is 12.0. The number of aromatic amines is 2. The Balaban J connectivity index is 1.80. The van der Waals surface area contributed by atoms with Crippen molar-refractivity contribution in [3.8, 4) is 11.3 Å². The number of aromatic nitrogens is 4. The first kappa shape index (κ1) is 14.7. The zero-order valence-corrected chi connectivity index (χ0v) is 12.7. The Morgan fingerprint density at radius 3 is 2.39 bits per heavy atom. The van der Waals surface area contributed by atoms with Crippen molar-refractivity contribution in [3.63, 3.8) is 0 Å². The number of amides is 1. The van der Waals surface area contributed by atoms with Gasteiger partial charge in [0.15, 0.2) is 5.82 Å². The van der Waals surface area contributed by atoms with E-state index in [2.05, 4.69) is 31.8 Å². The van der Waals surface area contributed by atoms with Gasteiger partial charge in [-0.2, -0.15) is 10.2 Å². The van der Waals surface area contributed by atoms with Crippen molar-refractivity contribution in [1.29, 1.82) is 0 Å². The molecule has 0 saturated carbocycles. The van der Waals surface area contributed by atoms with Crippen LogP contribution in [0.3, 0.4) is 0 Å². The van der Waals surface area contributed by atoms with Crippen molar-refractivity contribution in [1.82, 2.24) is 20.4 Å². The van der Waals surface area contributed by atoms with Crippen molar-refractivity contribution in [3.05, 3.63) is 63.6 Å². The van der Waals surface area contributed by atoms with E-state index in [1.165, 1.54) is 12.1 Å². The lowest BCUT2D eigenvalue weighted by Gasteiger charge is -2.02. The smallest absolute Gasteiger partial charge is 0.277 e. The fourth-order valence-electron chi connectivity index (χ4n) is 2.32. The molecule has 0 bridgehead atoms. The first-order valence-electron chi connectivity index (χ1n) is 7.02. The third-order valence-electron chi connectivity index (χ3n) is 3.26. The maximum Gasteiger partial charge on any atom is 0.277 e. The van der Waals surface area contributed by atoms with E-state index >= 15 is 0 Å². The normalized spacial score (nSPS) is 10.5. The van der Waals surface area contributed by atoms with Crippen LogP contribution >= 0.6 is 0 Å². The molecule has 0 atom stereocenters. The lowest BCUT2D eigenvalue weighted by atomic mass is 10.1. The van der Waals surface area contributed by atoms with E-state index in [-0.39, 0.29) is 11.3 Å². The molecule has 3 aromatic rings. The molecule has 23 heavy (non-hydrogen) atoms. The molecular weight excluding hydrogens is 294 g/mol. The third-order valence-corrected chi connectivity index (χ3v) is 3.26. The van der Waals surface area contributed by atoms with E-state index in [9.17, 15) is 9.59 Å². The molecule has 3 N–H and O–H groups in total. The lowest BCUT2D eigenvalue weighted by molar-refractivity contribution is 0.102. The van der Waals surface area contributed by atoms with Crippen LogP contribution in [0.15, 0.2) is 41.2 Å². The van der Waals surface area contributed by atoms with Crippen LogP contribution in [0.2, 0.25) is 0 Å². The predicted molar refractivity (Wildman–Crippen MR) is 86.3 cm³/mol. The van der Waals surface area contributed by atoms with Gasteiger partial charge in [-0.1, -0.05) is 17.2 Å². The molecule has 0 spiro atoms. The highest BCUT2D eigenvalue weighted by atomic mass is 16.2. The number of hydrogen-bond acceptors (Lipinski definition) is 4. The largest absolute Gasteiger partial charge is 0.304 e. The summed E-state index contributed by atoms with van der Waals surface area (Å²) in [5, 5.41) is 15.5. The van der Waals surface area contributed by atoms with E-state index < -0.39 is 5.91 Å². The van der Waals surface area contributed by atoms with Crippen molar-refractivity contribution < 1.29 is 4.79 Å². The van der Waals surface area contributed by atoms with Gasteiger partial charge in [0.1, 0.15) is 5.69 Å². The second-order valence-corrected chi connectivity index (χ2v) is 5.30. The van der Waals surface area contributed by atoms with Crippen LogP contribution in [-0.2, 0) is 0 Å². The summed E-state index contributed by atoms with van der Waals surface area (Å²) in [6.45, 7) is 4.05. The summed E-state index contributed by atoms with van der Waals surface area (Å²) >= 11 is 0. The van der Waals surface area contributed by atoms with E-state index in [1.54, 1.807) is 6.07 Å². The maximum atomic E-state index is 12.0. The molecule has 0 aliphatic rings. The number of carbonyl (C=O) groups is 1. The topological polar surface area (TPSA) is 104 Å². The molecule has 1 amide bonds. The summed E-state index contributed by atoms with van der Waals surface area (Å²) in [6.07, 6.45) is 0. The van der Waals surface area contributed by atoms with Gasteiger partial charge in [-0.25, -0.2) is 5.10 Å². The summed E-state index contributed by atoms with van der Waals surface area (Å²) in [6, 6.07) is 10.5. The summed E-state index contributed by atoms with van der Waals surface area (Å²) in [5.41, 5.74) is 3.86. The third kappa shape index (κ3) is 3.34. The van der Waals surface area contributed by atoms with Gasteiger partial charge in [-0.15, -0.1) is 0 Å². The molecule has 0 saturated heterocycles. The standard InChI is InChI=1S/C16H15N5O2/c1-9-5-10(2)7-11(6-9)13-8-14(20-19-13)17-16(23)12-3-4-15(22)21-18-12/h3-8H,1-2H3,(H,21,22)(H2,17,19,20,23). The minimum absolute atomic E-state index is 0.112. The Morgan fingerprint density at radius 2 is 1.74 bits per heavy atom. The first-order chi connectivity index (χ1) is 11.0. The van der Waals surface area contributed by atoms with Crippen LogP contribution in [0.5, 0.6) is 0 Å². The van der Waals surface area contributed by atoms with Crippen LogP contribution in [0.25, 0.3) is 11.3 Å². The average molecular weight is 309 g/mol. The molecule has 7 heteroatoms. The summed E-state index contributed by atoms with van der Waals surface area (Å²) < 4.78 is 0. The SMILES string of the molecule is Cc1cc(C)cc(-c2cc(NC(=O)c3ccc(=O)[nH]n3)n[nH]2)c1. The summed E-state index contributed by atoms with van der Waals surface area (Å²) in [5.74, 6) is -0.0584. The van der Waals surface area contributed by atoms with Crippen molar-refractivity contribution in [2.45, 2.75) is 13.8 Å². The van der Waals surface area contributed by atoms with Gasteiger partial charge in [-0.3, -0.25) is 14.7 Å². The number of H-pyrrole nitrogens is 2. The molecule has 0 radical (unpaired) electrons. The van der Waals surface area contributed by atoms with Crippen LogP contribution in [0, 0.1) is 13.8 Å². The zero-order valence-electron chi connectivity index (χ0n) is 12.7. The van der Waals surface area contributed by atoms with Crippen molar-refractivity contribution in [2.24, 2.45) is 0 Å².